The molecule has 0 radical (unpaired) electrons. The van der Waals surface area contributed by atoms with Gasteiger partial charge in [0.05, 0.1) is 12.1 Å². The number of fused-ring (bicyclic) bond motifs is 1. The van der Waals surface area contributed by atoms with Crippen LogP contribution in [0.1, 0.15) is 47.3 Å². The molecule has 1 aliphatic carbocycles. The average Bonchev–Trinajstić information content (AvgIpc) is 3.24. The molecule has 1 aliphatic rings. The maximum Gasteiger partial charge on any atom is 0.266 e. The van der Waals surface area contributed by atoms with Crippen molar-refractivity contribution >= 4 is 38.9 Å². The highest BCUT2D eigenvalue weighted by molar-refractivity contribution is 7.21. The van der Waals surface area contributed by atoms with Crippen LogP contribution in [0.2, 0.25) is 5.02 Å². The molecule has 0 bridgehead atoms. The highest BCUT2D eigenvalue weighted by Gasteiger charge is 2.30. The zero-order valence-corrected chi connectivity index (χ0v) is 20.9. The van der Waals surface area contributed by atoms with E-state index in [-0.39, 0.29) is 11.9 Å². The van der Waals surface area contributed by atoms with Gasteiger partial charge in [0.1, 0.15) is 10.6 Å². The van der Waals surface area contributed by atoms with Crippen LogP contribution in [0.15, 0.2) is 72.8 Å². The lowest BCUT2D eigenvalue weighted by atomic mass is 9.93. The van der Waals surface area contributed by atoms with Crippen molar-refractivity contribution in [2.45, 2.75) is 44.7 Å². The van der Waals surface area contributed by atoms with Crippen LogP contribution in [0.5, 0.6) is 5.75 Å². The lowest BCUT2D eigenvalue weighted by molar-refractivity contribution is 0.0618. The number of benzene rings is 3. The summed E-state index contributed by atoms with van der Waals surface area (Å²) in [5, 5.41) is 1.51. The summed E-state index contributed by atoms with van der Waals surface area (Å²) in [5.74, 6) is 0.820. The smallest absolute Gasteiger partial charge is 0.266 e. The highest BCUT2D eigenvalue weighted by Crippen LogP contribution is 2.38. The standard InChI is InChI=1S/C29H28ClNO2S/c1-33-25-17-16-21(20-10-4-2-5-11-20)18-22(25)19-31(23-12-6-3-7-13-23)29(32)28-27(30)24-14-8-9-15-26(24)34-28/h2,4-5,8-11,14-18,23H,3,6-7,12-13,19H2,1H3. The molecule has 0 N–H and O–H groups in total. The Labute approximate surface area is 209 Å². The maximum absolute atomic E-state index is 14.0. The third kappa shape index (κ3) is 4.57. The summed E-state index contributed by atoms with van der Waals surface area (Å²) in [6, 6.07) is 24.7. The van der Waals surface area contributed by atoms with Crippen LogP contribution in [-0.4, -0.2) is 24.0 Å². The number of ether oxygens (including phenoxy) is 1. The summed E-state index contributed by atoms with van der Waals surface area (Å²) in [5.41, 5.74) is 3.28. The lowest BCUT2D eigenvalue weighted by Crippen LogP contribution is -2.40. The fourth-order valence-corrected chi connectivity index (χ4v) is 6.41. The van der Waals surface area contributed by atoms with E-state index < -0.39 is 0 Å². The van der Waals surface area contributed by atoms with Crippen LogP contribution in [0.25, 0.3) is 21.2 Å². The van der Waals surface area contributed by atoms with Gasteiger partial charge in [-0.3, -0.25) is 4.79 Å². The number of hydrogen-bond acceptors (Lipinski definition) is 3. The Bertz CT molecular complexity index is 1290. The number of rotatable bonds is 6. The predicted molar refractivity (Wildman–Crippen MR) is 142 cm³/mol. The molecule has 1 amide bonds. The van der Waals surface area contributed by atoms with Crippen molar-refractivity contribution in [3.05, 3.63) is 88.3 Å². The van der Waals surface area contributed by atoms with E-state index in [4.69, 9.17) is 16.3 Å². The predicted octanol–water partition coefficient (Wildman–Crippen LogP) is 8.21. The van der Waals surface area contributed by atoms with Crippen LogP contribution < -0.4 is 4.74 Å². The summed E-state index contributed by atoms with van der Waals surface area (Å²) < 4.78 is 6.76. The van der Waals surface area contributed by atoms with Crippen molar-refractivity contribution in [2.75, 3.05) is 7.11 Å². The van der Waals surface area contributed by atoms with Crippen LogP contribution in [-0.2, 0) is 6.54 Å². The van der Waals surface area contributed by atoms with Crippen LogP contribution in [0.3, 0.4) is 0 Å². The fraction of sp³-hybridized carbons (Fsp3) is 0.276. The second-order valence-electron chi connectivity index (χ2n) is 8.86. The van der Waals surface area contributed by atoms with Crippen molar-refractivity contribution in [3.63, 3.8) is 0 Å². The zero-order chi connectivity index (χ0) is 23.5. The first-order valence-electron chi connectivity index (χ1n) is 11.9. The molecule has 0 spiro atoms. The number of nitrogens with zero attached hydrogens (tertiary/aromatic N) is 1. The van der Waals surface area contributed by atoms with Gasteiger partial charge in [0.15, 0.2) is 0 Å². The van der Waals surface area contributed by atoms with Crippen molar-refractivity contribution in [1.29, 1.82) is 0 Å². The number of methoxy groups -OCH3 is 1. The van der Waals surface area contributed by atoms with E-state index in [1.54, 1.807) is 7.11 Å². The van der Waals surface area contributed by atoms with E-state index in [1.807, 2.05) is 53.4 Å². The molecule has 1 fully saturated rings. The molecule has 0 unspecified atom stereocenters. The molecule has 1 saturated carbocycles. The molecule has 0 atom stereocenters. The molecule has 1 heterocycles. The minimum atomic E-state index is 0.0188. The molecule has 174 valence electrons. The van der Waals surface area contributed by atoms with Gasteiger partial charge in [0, 0.05) is 28.2 Å². The van der Waals surface area contributed by atoms with Gasteiger partial charge in [-0.2, -0.15) is 0 Å². The summed E-state index contributed by atoms with van der Waals surface area (Å²) in [7, 11) is 1.69. The van der Waals surface area contributed by atoms with Crippen molar-refractivity contribution in [1.82, 2.24) is 4.90 Å². The van der Waals surface area contributed by atoms with Gasteiger partial charge in [-0.05, 0) is 42.2 Å². The molecule has 3 aromatic carbocycles. The van der Waals surface area contributed by atoms with Crippen molar-refractivity contribution < 1.29 is 9.53 Å². The first-order valence-corrected chi connectivity index (χ1v) is 13.1. The van der Waals surface area contributed by atoms with Crippen molar-refractivity contribution in [3.8, 4) is 16.9 Å². The molecule has 5 rings (SSSR count). The van der Waals surface area contributed by atoms with Crippen LogP contribution in [0.4, 0.5) is 0 Å². The average molecular weight is 490 g/mol. The Balaban J connectivity index is 1.54. The molecule has 0 saturated heterocycles. The monoisotopic (exact) mass is 489 g/mol. The van der Waals surface area contributed by atoms with Gasteiger partial charge < -0.3 is 9.64 Å². The summed E-state index contributed by atoms with van der Waals surface area (Å²) in [6.45, 7) is 0.498. The van der Waals surface area contributed by atoms with Gasteiger partial charge >= 0.3 is 0 Å². The van der Waals surface area contributed by atoms with Gasteiger partial charge in [-0.15, -0.1) is 11.3 Å². The van der Waals surface area contributed by atoms with E-state index in [0.29, 0.717) is 16.4 Å². The number of amides is 1. The highest BCUT2D eigenvalue weighted by atomic mass is 35.5. The molecule has 4 aromatic rings. The lowest BCUT2D eigenvalue weighted by Gasteiger charge is -2.34. The van der Waals surface area contributed by atoms with E-state index in [2.05, 4.69) is 24.3 Å². The number of carbonyl (C=O) groups is 1. The zero-order valence-electron chi connectivity index (χ0n) is 19.3. The minimum absolute atomic E-state index is 0.0188. The minimum Gasteiger partial charge on any atom is -0.496 e. The summed E-state index contributed by atoms with van der Waals surface area (Å²) in [6.07, 6.45) is 5.57. The van der Waals surface area contributed by atoms with Crippen LogP contribution >= 0.6 is 22.9 Å². The number of hydrogen-bond donors (Lipinski definition) is 0. The third-order valence-corrected chi connectivity index (χ3v) is 8.40. The Kier molecular flexibility index (Phi) is 6.89. The SMILES string of the molecule is COc1ccc(-c2ccccc2)cc1CN(C(=O)c1sc2ccccc2c1Cl)C1CCCCC1. The van der Waals surface area contributed by atoms with Crippen LogP contribution in [0, 0.1) is 0 Å². The van der Waals surface area contributed by atoms with E-state index in [0.717, 1.165) is 58.2 Å². The number of thiophene rings is 1. The topological polar surface area (TPSA) is 29.5 Å². The first kappa shape index (κ1) is 22.9. The van der Waals surface area contributed by atoms with Gasteiger partial charge in [-0.1, -0.05) is 85.5 Å². The largest absolute Gasteiger partial charge is 0.496 e. The van der Waals surface area contributed by atoms with E-state index in [9.17, 15) is 4.79 Å². The van der Waals surface area contributed by atoms with Gasteiger partial charge in [0.2, 0.25) is 0 Å². The Hall–Kier alpha value is -2.82. The molecule has 1 aromatic heterocycles. The van der Waals surface area contributed by atoms with E-state index >= 15 is 0 Å². The molecular formula is C29H28ClNO2S. The Morgan fingerprint density at radius 2 is 1.71 bits per heavy atom. The summed E-state index contributed by atoms with van der Waals surface area (Å²) in [4.78, 5) is 16.7. The maximum atomic E-state index is 14.0. The van der Waals surface area contributed by atoms with Gasteiger partial charge in [-0.25, -0.2) is 0 Å². The first-order chi connectivity index (χ1) is 16.7. The molecule has 34 heavy (non-hydrogen) atoms. The molecule has 3 nitrogen and oxygen atoms in total. The quantitative estimate of drug-likeness (QED) is 0.273. The molecule has 0 aliphatic heterocycles. The normalized spacial score (nSPS) is 14.3. The number of halogens is 1. The second kappa shape index (κ2) is 10.2. The fourth-order valence-electron chi connectivity index (χ4n) is 4.94. The molecule has 5 heteroatoms. The molecular weight excluding hydrogens is 462 g/mol. The Morgan fingerprint density at radius 1 is 0.971 bits per heavy atom. The Morgan fingerprint density at radius 3 is 2.44 bits per heavy atom. The second-order valence-corrected chi connectivity index (χ2v) is 10.3. The summed E-state index contributed by atoms with van der Waals surface area (Å²) >= 11 is 8.23. The van der Waals surface area contributed by atoms with Gasteiger partial charge in [0.25, 0.3) is 5.91 Å². The van der Waals surface area contributed by atoms with E-state index in [1.165, 1.54) is 17.8 Å². The van der Waals surface area contributed by atoms with Crippen molar-refractivity contribution in [2.24, 2.45) is 0 Å². The third-order valence-electron chi connectivity index (χ3n) is 6.73. The number of carbonyl (C=O) groups excluding carboxylic acids is 1.